The van der Waals surface area contributed by atoms with Gasteiger partial charge in [0, 0.05) is 25.2 Å². The number of rotatable bonds is 4. The quantitative estimate of drug-likeness (QED) is 0.835. The molecule has 0 saturated carbocycles. The fourth-order valence-corrected chi connectivity index (χ4v) is 2.60. The van der Waals surface area contributed by atoms with Crippen molar-refractivity contribution >= 4 is 11.6 Å². The van der Waals surface area contributed by atoms with Crippen LogP contribution in [0.2, 0.25) is 0 Å². The Balaban J connectivity index is 2.03. The SMILES string of the molecule is CCCC1CC(=O)N(Cc2cc(N)cc(F)c2)C1. The van der Waals surface area contributed by atoms with Crippen LogP contribution in [0.1, 0.15) is 31.7 Å². The predicted octanol–water partition coefficient (Wildman–Crippen LogP) is 2.56. The minimum atomic E-state index is -0.346. The van der Waals surface area contributed by atoms with E-state index < -0.39 is 0 Å². The van der Waals surface area contributed by atoms with Crippen molar-refractivity contribution in [3.63, 3.8) is 0 Å². The Bertz CT molecular complexity index is 427. The predicted molar refractivity (Wildman–Crippen MR) is 69.2 cm³/mol. The second-order valence-electron chi connectivity index (χ2n) is 5.03. The molecule has 0 spiro atoms. The Morgan fingerprint density at radius 1 is 1.44 bits per heavy atom. The van der Waals surface area contributed by atoms with Crippen LogP contribution in [-0.2, 0) is 11.3 Å². The van der Waals surface area contributed by atoms with Gasteiger partial charge < -0.3 is 10.6 Å². The van der Waals surface area contributed by atoms with Crippen LogP contribution in [0, 0.1) is 11.7 Å². The highest BCUT2D eigenvalue weighted by Gasteiger charge is 2.28. The van der Waals surface area contributed by atoms with Gasteiger partial charge in [-0.3, -0.25) is 4.79 Å². The standard InChI is InChI=1S/C14H19FN2O/c1-2-3-10-6-14(18)17(8-10)9-11-4-12(15)7-13(16)5-11/h4-5,7,10H,2-3,6,8-9,16H2,1H3. The first kappa shape index (κ1) is 12.9. The first-order valence-corrected chi connectivity index (χ1v) is 6.41. The highest BCUT2D eigenvalue weighted by molar-refractivity contribution is 5.78. The second kappa shape index (κ2) is 5.38. The van der Waals surface area contributed by atoms with Crippen LogP contribution in [0.15, 0.2) is 18.2 Å². The van der Waals surface area contributed by atoms with E-state index in [2.05, 4.69) is 6.92 Å². The van der Waals surface area contributed by atoms with E-state index in [-0.39, 0.29) is 11.7 Å². The Hall–Kier alpha value is -1.58. The van der Waals surface area contributed by atoms with Gasteiger partial charge in [-0.25, -0.2) is 4.39 Å². The molecule has 1 aliphatic heterocycles. The van der Waals surface area contributed by atoms with Crippen molar-refractivity contribution < 1.29 is 9.18 Å². The largest absolute Gasteiger partial charge is 0.399 e. The van der Waals surface area contributed by atoms with E-state index in [0.717, 1.165) is 24.9 Å². The Morgan fingerprint density at radius 3 is 2.89 bits per heavy atom. The van der Waals surface area contributed by atoms with Gasteiger partial charge in [0.15, 0.2) is 0 Å². The summed E-state index contributed by atoms with van der Waals surface area (Å²) in [6.45, 7) is 3.37. The second-order valence-corrected chi connectivity index (χ2v) is 5.03. The third kappa shape index (κ3) is 3.00. The van der Waals surface area contributed by atoms with Crippen molar-refractivity contribution in [1.82, 2.24) is 4.90 Å². The molecule has 1 atom stereocenters. The molecular formula is C14H19FN2O. The highest BCUT2D eigenvalue weighted by atomic mass is 19.1. The molecule has 2 N–H and O–H groups in total. The van der Waals surface area contributed by atoms with Crippen molar-refractivity contribution in [1.29, 1.82) is 0 Å². The van der Waals surface area contributed by atoms with Crippen molar-refractivity contribution in [3.05, 3.63) is 29.6 Å². The van der Waals surface area contributed by atoms with Crippen molar-refractivity contribution in [2.45, 2.75) is 32.7 Å². The van der Waals surface area contributed by atoms with E-state index >= 15 is 0 Å². The summed E-state index contributed by atoms with van der Waals surface area (Å²) in [5, 5.41) is 0. The number of hydrogen-bond donors (Lipinski definition) is 1. The van der Waals surface area contributed by atoms with Crippen molar-refractivity contribution in [2.24, 2.45) is 5.92 Å². The van der Waals surface area contributed by atoms with E-state index in [1.807, 2.05) is 0 Å². The van der Waals surface area contributed by atoms with Crippen LogP contribution in [0.25, 0.3) is 0 Å². The zero-order valence-corrected chi connectivity index (χ0v) is 10.7. The van der Waals surface area contributed by atoms with Gasteiger partial charge in [0.2, 0.25) is 5.91 Å². The maximum absolute atomic E-state index is 13.2. The molecule has 4 heteroatoms. The summed E-state index contributed by atoms with van der Waals surface area (Å²) in [7, 11) is 0. The summed E-state index contributed by atoms with van der Waals surface area (Å²) in [4.78, 5) is 13.6. The molecule has 1 saturated heterocycles. The molecule has 3 nitrogen and oxygen atoms in total. The molecule has 2 rings (SSSR count). The molecule has 1 fully saturated rings. The van der Waals surface area contributed by atoms with Crippen LogP contribution < -0.4 is 5.73 Å². The summed E-state index contributed by atoms with van der Waals surface area (Å²) >= 11 is 0. The van der Waals surface area contributed by atoms with Crippen molar-refractivity contribution in [2.75, 3.05) is 12.3 Å². The zero-order chi connectivity index (χ0) is 13.1. The lowest BCUT2D eigenvalue weighted by molar-refractivity contribution is -0.128. The average molecular weight is 250 g/mol. The molecule has 1 heterocycles. The molecule has 18 heavy (non-hydrogen) atoms. The maximum atomic E-state index is 13.2. The third-order valence-electron chi connectivity index (χ3n) is 3.34. The molecular weight excluding hydrogens is 231 g/mol. The van der Waals surface area contributed by atoms with Crippen LogP contribution in [0.4, 0.5) is 10.1 Å². The number of likely N-dealkylation sites (tertiary alicyclic amines) is 1. The lowest BCUT2D eigenvalue weighted by atomic mass is 10.0. The normalized spacial score (nSPS) is 19.6. The van der Waals surface area contributed by atoms with Gasteiger partial charge in [0.1, 0.15) is 5.82 Å². The highest BCUT2D eigenvalue weighted by Crippen LogP contribution is 2.24. The summed E-state index contributed by atoms with van der Waals surface area (Å²) in [5.74, 6) is 0.270. The van der Waals surface area contributed by atoms with Gasteiger partial charge in [0.25, 0.3) is 0 Å². The van der Waals surface area contributed by atoms with Crippen LogP contribution >= 0.6 is 0 Å². The maximum Gasteiger partial charge on any atom is 0.223 e. The Labute approximate surface area is 107 Å². The van der Waals surface area contributed by atoms with E-state index in [9.17, 15) is 9.18 Å². The number of halogens is 1. The number of benzene rings is 1. The number of nitrogen functional groups attached to an aromatic ring is 1. The van der Waals surface area contributed by atoms with Gasteiger partial charge in [-0.05, 0) is 36.1 Å². The minimum Gasteiger partial charge on any atom is -0.399 e. The average Bonchev–Trinajstić information content (AvgIpc) is 2.58. The number of nitrogens with zero attached hydrogens (tertiary/aromatic N) is 1. The molecule has 98 valence electrons. The van der Waals surface area contributed by atoms with Gasteiger partial charge in [-0.15, -0.1) is 0 Å². The third-order valence-corrected chi connectivity index (χ3v) is 3.34. The first-order chi connectivity index (χ1) is 8.58. The smallest absolute Gasteiger partial charge is 0.223 e. The fraction of sp³-hybridized carbons (Fsp3) is 0.500. The van der Waals surface area contributed by atoms with Crippen LogP contribution in [-0.4, -0.2) is 17.4 Å². The molecule has 0 aromatic heterocycles. The molecule has 1 amide bonds. The number of anilines is 1. The Morgan fingerprint density at radius 2 is 2.22 bits per heavy atom. The number of carbonyl (C=O) groups excluding carboxylic acids is 1. The van der Waals surface area contributed by atoms with Gasteiger partial charge >= 0.3 is 0 Å². The molecule has 0 aliphatic carbocycles. The van der Waals surface area contributed by atoms with Gasteiger partial charge in [0.05, 0.1) is 0 Å². The fourth-order valence-electron chi connectivity index (χ4n) is 2.60. The summed E-state index contributed by atoms with van der Waals surface area (Å²) in [6, 6.07) is 4.45. The van der Waals surface area contributed by atoms with E-state index in [4.69, 9.17) is 5.73 Å². The minimum absolute atomic E-state index is 0.163. The summed E-state index contributed by atoms with van der Waals surface area (Å²) in [5.41, 5.74) is 6.77. The molecule has 0 radical (unpaired) electrons. The summed E-state index contributed by atoms with van der Waals surface area (Å²) in [6.07, 6.45) is 2.80. The number of nitrogens with two attached hydrogens (primary N) is 1. The topological polar surface area (TPSA) is 46.3 Å². The molecule has 0 bridgehead atoms. The zero-order valence-electron chi connectivity index (χ0n) is 10.7. The Kier molecular flexibility index (Phi) is 3.84. The first-order valence-electron chi connectivity index (χ1n) is 6.41. The number of carbonyl (C=O) groups is 1. The molecule has 1 unspecified atom stereocenters. The number of amides is 1. The van der Waals surface area contributed by atoms with Gasteiger partial charge in [-0.2, -0.15) is 0 Å². The lowest BCUT2D eigenvalue weighted by Crippen LogP contribution is -2.24. The summed E-state index contributed by atoms with van der Waals surface area (Å²) < 4.78 is 13.2. The van der Waals surface area contributed by atoms with Crippen molar-refractivity contribution in [3.8, 4) is 0 Å². The van der Waals surface area contributed by atoms with E-state index in [1.165, 1.54) is 12.1 Å². The monoisotopic (exact) mass is 250 g/mol. The van der Waals surface area contributed by atoms with Gasteiger partial charge in [-0.1, -0.05) is 13.3 Å². The van der Waals surface area contributed by atoms with Crippen LogP contribution in [0.5, 0.6) is 0 Å². The molecule has 1 aliphatic rings. The molecule has 1 aromatic carbocycles. The van der Waals surface area contributed by atoms with E-state index in [1.54, 1.807) is 11.0 Å². The molecule has 1 aromatic rings. The van der Waals surface area contributed by atoms with E-state index in [0.29, 0.717) is 24.6 Å². The lowest BCUT2D eigenvalue weighted by Gasteiger charge is -2.17. The number of hydrogen-bond acceptors (Lipinski definition) is 2. The van der Waals surface area contributed by atoms with Crippen LogP contribution in [0.3, 0.4) is 0 Å².